The smallest absolute Gasteiger partial charge is 0.244 e. The molecular formula is C21H24N6O2S. The molecule has 2 saturated heterocycles. The lowest BCUT2D eigenvalue weighted by molar-refractivity contribution is 0.294. The predicted molar refractivity (Wildman–Crippen MR) is 114 cm³/mol. The third-order valence-corrected chi connectivity index (χ3v) is 8.08. The zero-order valence-corrected chi connectivity index (χ0v) is 17.5. The van der Waals surface area contributed by atoms with Crippen molar-refractivity contribution in [2.24, 2.45) is 0 Å². The monoisotopic (exact) mass is 424 g/mol. The summed E-state index contributed by atoms with van der Waals surface area (Å²) in [4.78, 5) is 17.4. The van der Waals surface area contributed by atoms with E-state index in [1.807, 2.05) is 18.2 Å². The van der Waals surface area contributed by atoms with Crippen molar-refractivity contribution in [1.82, 2.24) is 28.5 Å². The Morgan fingerprint density at radius 3 is 2.30 bits per heavy atom. The number of aromatic nitrogens is 4. The highest BCUT2D eigenvalue weighted by molar-refractivity contribution is 7.86. The van der Waals surface area contributed by atoms with Crippen LogP contribution in [-0.4, -0.2) is 63.1 Å². The van der Waals surface area contributed by atoms with Gasteiger partial charge in [0.15, 0.2) is 5.65 Å². The minimum atomic E-state index is -3.31. The number of fused-ring (bicyclic) bond motifs is 1. The Kier molecular flexibility index (Phi) is 5.18. The van der Waals surface area contributed by atoms with Crippen molar-refractivity contribution in [2.75, 3.05) is 26.2 Å². The van der Waals surface area contributed by atoms with E-state index in [9.17, 15) is 8.42 Å². The fraction of sp³-hybridized carbons (Fsp3) is 0.429. The van der Waals surface area contributed by atoms with Gasteiger partial charge in [0.1, 0.15) is 6.33 Å². The molecule has 156 valence electrons. The molecule has 2 aliphatic heterocycles. The lowest BCUT2D eigenvalue weighted by Crippen LogP contribution is -2.45. The Hall–Kier alpha value is -2.49. The molecule has 8 nitrogen and oxygen atoms in total. The Balaban J connectivity index is 1.31. The molecule has 0 atom stereocenters. The third kappa shape index (κ3) is 3.68. The first-order valence-electron chi connectivity index (χ1n) is 10.4. The van der Waals surface area contributed by atoms with Gasteiger partial charge in [0.05, 0.1) is 0 Å². The maximum atomic E-state index is 12.8. The van der Waals surface area contributed by atoms with E-state index in [1.54, 1.807) is 27.2 Å². The molecule has 0 unspecified atom stereocenters. The van der Waals surface area contributed by atoms with E-state index in [-0.39, 0.29) is 5.92 Å². The number of piperidine rings is 1. The van der Waals surface area contributed by atoms with Crippen LogP contribution in [0.25, 0.3) is 22.2 Å². The molecule has 0 aromatic carbocycles. The van der Waals surface area contributed by atoms with E-state index in [1.165, 1.54) is 6.33 Å². The van der Waals surface area contributed by atoms with Crippen LogP contribution < -0.4 is 0 Å². The first-order chi connectivity index (χ1) is 14.6. The second-order valence-electron chi connectivity index (χ2n) is 7.92. The first kappa shape index (κ1) is 19.5. The molecule has 2 aliphatic rings. The number of hydrogen-bond donors (Lipinski definition) is 0. The van der Waals surface area contributed by atoms with Gasteiger partial charge in [0.25, 0.3) is 10.2 Å². The molecule has 5 heterocycles. The Bertz CT molecular complexity index is 1140. The van der Waals surface area contributed by atoms with Crippen molar-refractivity contribution in [2.45, 2.75) is 31.6 Å². The number of nitrogens with zero attached hydrogens (tertiary/aromatic N) is 6. The molecular weight excluding hydrogens is 400 g/mol. The highest BCUT2D eigenvalue weighted by Crippen LogP contribution is 2.31. The summed E-state index contributed by atoms with van der Waals surface area (Å²) in [6.07, 6.45) is 10.3. The molecule has 30 heavy (non-hydrogen) atoms. The molecule has 0 N–H and O–H groups in total. The highest BCUT2D eigenvalue weighted by atomic mass is 32.2. The quantitative estimate of drug-likeness (QED) is 0.639. The summed E-state index contributed by atoms with van der Waals surface area (Å²) in [6, 6.07) is 6.14. The van der Waals surface area contributed by atoms with Crippen molar-refractivity contribution in [3.05, 3.63) is 48.8 Å². The van der Waals surface area contributed by atoms with E-state index in [4.69, 9.17) is 4.98 Å². The van der Waals surface area contributed by atoms with Crippen molar-refractivity contribution in [3.8, 4) is 11.1 Å². The lowest BCUT2D eigenvalue weighted by atomic mass is 9.94. The molecule has 0 bridgehead atoms. The second kappa shape index (κ2) is 7.98. The maximum Gasteiger partial charge on any atom is 0.281 e. The number of rotatable bonds is 4. The van der Waals surface area contributed by atoms with E-state index in [2.05, 4.69) is 15.0 Å². The maximum absolute atomic E-state index is 12.8. The van der Waals surface area contributed by atoms with Crippen LogP contribution in [0.4, 0.5) is 0 Å². The lowest BCUT2D eigenvalue weighted by Gasteiger charge is -2.33. The van der Waals surface area contributed by atoms with Gasteiger partial charge < -0.3 is 0 Å². The van der Waals surface area contributed by atoms with Crippen LogP contribution in [0.3, 0.4) is 0 Å². The van der Waals surface area contributed by atoms with Gasteiger partial charge in [-0.05, 0) is 43.9 Å². The van der Waals surface area contributed by atoms with Crippen LogP contribution in [0.1, 0.15) is 37.3 Å². The number of pyridine rings is 2. The minimum absolute atomic E-state index is 0.253. The van der Waals surface area contributed by atoms with E-state index >= 15 is 0 Å². The van der Waals surface area contributed by atoms with Crippen LogP contribution in [0, 0.1) is 0 Å². The van der Waals surface area contributed by atoms with Crippen LogP contribution in [0.2, 0.25) is 0 Å². The fourth-order valence-corrected chi connectivity index (χ4v) is 6.04. The zero-order valence-electron chi connectivity index (χ0n) is 16.7. The van der Waals surface area contributed by atoms with E-state index in [0.29, 0.717) is 31.8 Å². The zero-order chi connectivity index (χ0) is 20.6. The average molecular weight is 425 g/mol. The molecule has 9 heteroatoms. The standard InChI is InChI=1S/C21H24N6O2S/c28-30(29,26-7-1-2-8-26)27-9-5-16(6-10-27)20-4-3-17-11-18(14-24-21(17)25-20)19-12-22-15-23-13-19/h3-4,11-16H,1-2,5-10H2. The summed E-state index contributed by atoms with van der Waals surface area (Å²) in [5, 5.41) is 0.967. The second-order valence-corrected chi connectivity index (χ2v) is 9.85. The Labute approximate surface area is 176 Å². The Morgan fingerprint density at radius 1 is 0.867 bits per heavy atom. The summed E-state index contributed by atoms with van der Waals surface area (Å²) in [5.41, 5.74) is 3.57. The van der Waals surface area contributed by atoms with Crippen molar-refractivity contribution >= 4 is 21.2 Å². The molecule has 0 spiro atoms. The SMILES string of the molecule is O=S(=O)(N1CCCC1)N1CCC(c2ccc3cc(-c4cncnc4)cnc3n2)CC1. The summed E-state index contributed by atoms with van der Waals surface area (Å²) in [6.45, 7) is 2.39. The van der Waals surface area contributed by atoms with Gasteiger partial charge in [-0.2, -0.15) is 17.0 Å². The topological polar surface area (TPSA) is 92.2 Å². The highest BCUT2D eigenvalue weighted by Gasteiger charge is 2.34. The number of hydrogen-bond acceptors (Lipinski definition) is 6. The van der Waals surface area contributed by atoms with Gasteiger partial charge >= 0.3 is 0 Å². The normalized spacial score (nSPS) is 19.5. The third-order valence-electron chi connectivity index (χ3n) is 6.05. The molecule has 0 radical (unpaired) electrons. The average Bonchev–Trinajstić information content (AvgIpc) is 3.35. The summed E-state index contributed by atoms with van der Waals surface area (Å²) in [7, 11) is -3.31. The van der Waals surface area contributed by atoms with Crippen LogP contribution in [0.15, 0.2) is 43.1 Å². The van der Waals surface area contributed by atoms with Gasteiger partial charge in [0.2, 0.25) is 0 Å². The molecule has 0 saturated carbocycles. The van der Waals surface area contributed by atoms with Crippen molar-refractivity contribution in [3.63, 3.8) is 0 Å². The summed E-state index contributed by atoms with van der Waals surface area (Å²) in [5.74, 6) is 0.253. The van der Waals surface area contributed by atoms with Gasteiger partial charge in [-0.15, -0.1) is 0 Å². The fourth-order valence-electron chi connectivity index (χ4n) is 4.32. The Morgan fingerprint density at radius 2 is 1.57 bits per heavy atom. The van der Waals surface area contributed by atoms with Crippen LogP contribution in [0.5, 0.6) is 0 Å². The molecule has 3 aromatic rings. The first-order valence-corrected chi connectivity index (χ1v) is 11.8. The van der Waals surface area contributed by atoms with Crippen molar-refractivity contribution < 1.29 is 8.42 Å². The molecule has 5 rings (SSSR count). The van der Waals surface area contributed by atoms with Crippen LogP contribution >= 0.6 is 0 Å². The van der Waals surface area contributed by atoms with Crippen molar-refractivity contribution in [1.29, 1.82) is 0 Å². The van der Waals surface area contributed by atoms with Gasteiger partial charge in [-0.3, -0.25) is 0 Å². The minimum Gasteiger partial charge on any atom is -0.244 e. The molecule has 2 fully saturated rings. The van der Waals surface area contributed by atoms with Gasteiger partial charge in [0, 0.05) is 72.9 Å². The molecule has 3 aromatic heterocycles. The van der Waals surface area contributed by atoms with Gasteiger partial charge in [-0.1, -0.05) is 0 Å². The molecule has 0 aliphatic carbocycles. The van der Waals surface area contributed by atoms with E-state index < -0.39 is 10.2 Å². The van der Waals surface area contributed by atoms with Crippen LogP contribution in [-0.2, 0) is 10.2 Å². The summed E-state index contributed by atoms with van der Waals surface area (Å²) >= 11 is 0. The van der Waals surface area contributed by atoms with Gasteiger partial charge in [-0.25, -0.2) is 19.9 Å². The largest absolute Gasteiger partial charge is 0.281 e. The predicted octanol–water partition coefficient (Wildman–Crippen LogP) is 2.61. The van der Waals surface area contributed by atoms with E-state index in [0.717, 1.165) is 47.9 Å². The summed E-state index contributed by atoms with van der Waals surface area (Å²) < 4.78 is 28.8. The molecule has 0 amide bonds.